The summed E-state index contributed by atoms with van der Waals surface area (Å²) < 4.78 is 63.4. The summed E-state index contributed by atoms with van der Waals surface area (Å²) in [4.78, 5) is 13.0. The highest BCUT2D eigenvalue weighted by Crippen LogP contribution is 2.34. The van der Waals surface area contributed by atoms with Crippen LogP contribution in [0.1, 0.15) is 18.5 Å². The van der Waals surface area contributed by atoms with E-state index in [0.29, 0.717) is 30.5 Å². The van der Waals surface area contributed by atoms with Gasteiger partial charge in [-0.3, -0.25) is 9.10 Å². The predicted molar refractivity (Wildman–Crippen MR) is 134 cm³/mol. The van der Waals surface area contributed by atoms with Gasteiger partial charge in [0.1, 0.15) is 25.6 Å². The molecule has 0 aromatic heterocycles. The Bertz CT molecular complexity index is 1380. The van der Waals surface area contributed by atoms with Gasteiger partial charge in [-0.2, -0.15) is 0 Å². The number of sulfonamides is 1. The van der Waals surface area contributed by atoms with Gasteiger partial charge in [-0.05, 0) is 61.0 Å². The Morgan fingerprint density at radius 3 is 2.32 bits per heavy atom. The molecular weight excluding hydrogens is 503 g/mol. The molecule has 0 spiro atoms. The highest BCUT2D eigenvalue weighted by molar-refractivity contribution is 7.92. The number of hydrogen-bond acceptors (Lipinski definition) is 7. The van der Waals surface area contributed by atoms with Crippen LogP contribution < -0.4 is 28.6 Å². The smallest absolute Gasteiger partial charge is 0.264 e. The lowest BCUT2D eigenvalue weighted by Gasteiger charge is -2.26. The van der Waals surface area contributed by atoms with E-state index in [1.54, 1.807) is 25.1 Å². The highest BCUT2D eigenvalue weighted by atomic mass is 32.2. The topological polar surface area (TPSA) is 103 Å². The Labute approximate surface area is 214 Å². The van der Waals surface area contributed by atoms with Gasteiger partial charge in [0.25, 0.3) is 10.0 Å². The normalized spacial score (nSPS) is 13.4. The number of nitrogens with one attached hydrogen (secondary N) is 1. The molecule has 0 radical (unpaired) electrons. The fourth-order valence-corrected chi connectivity index (χ4v) is 5.29. The lowest BCUT2D eigenvalue weighted by Crippen LogP contribution is -2.41. The van der Waals surface area contributed by atoms with Crippen molar-refractivity contribution in [2.24, 2.45) is 0 Å². The second kappa shape index (κ2) is 11.0. The van der Waals surface area contributed by atoms with Crippen LogP contribution in [0.15, 0.2) is 65.6 Å². The second-order valence-electron chi connectivity index (χ2n) is 8.20. The average molecular weight is 531 g/mol. The minimum absolute atomic E-state index is 0.123. The van der Waals surface area contributed by atoms with E-state index < -0.39 is 34.3 Å². The van der Waals surface area contributed by atoms with E-state index in [4.69, 9.17) is 18.9 Å². The van der Waals surface area contributed by atoms with Crippen LogP contribution in [0.5, 0.6) is 23.0 Å². The number of carbonyl (C=O) groups is 1. The van der Waals surface area contributed by atoms with Gasteiger partial charge in [0.15, 0.2) is 23.0 Å². The molecule has 0 saturated heterocycles. The lowest BCUT2D eigenvalue weighted by atomic mass is 10.1. The molecule has 1 atom stereocenters. The first kappa shape index (κ1) is 26.1. The standard InChI is InChI=1S/C26H27FN2O7S/c1-17(18-4-10-23-25(14-18)36-13-12-35-23)28-26(30)16-29(20-7-5-19(27)6-8-20)37(31,32)21-9-11-22(33-2)24(15-21)34-3/h4-11,14-15,17H,12-13,16H2,1-3H3,(H,28,30)/t17-/m0/s1. The Kier molecular flexibility index (Phi) is 7.72. The summed E-state index contributed by atoms with van der Waals surface area (Å²) in [6, 6.07) is 13.8. The van der Waals surface area contributed by atoms with Gasteiger partial charge in [-0.1, -0.05) is 6.07 Å². The lowest BCUT2D eigenvalue weighted by molar-refractivity contribution is -0.120. The van der Waals surface area contributed by atoms with Crippen molar-refractivity contribution in [1.29, 1.82) is 0 Å². The first-order chi connectivity index (χ1) is 17.7. The van der Waals surface area contributed by atoms with Gasteiger partial charge in [0.05, 0.1) is 30.8 Å². The summed E-state index contributed by atoms with van der Waals surface area (Å²) in [5, 5.41) is 2.82. The molecule has 1 aliphatic rings. The zero-order valence-electron chi connectivity index (χ0n) is 20.6. The van der Waals surface area contributed by atoms with E-state index in [9.17, 15) is 17.6 Å². The molecule has 3 aromatic carbocycles. The molecule has 1 N–H and O–H groups in total. The minimum atomic E-state index is -4.25. The second-order valence-corrected chi connectivity index (χ2v) is 10.1. The molecule has 9 nitrogen and oxygen atoms in total. The molecular formula is C26H27FN2O7S. The van der Waals surface area contributed by atoms with Crippen molar-refractivity contribution < 1.29 is 36.6 Å². The van der Waals surface area contributed by atoms with Crippen LogP contribution in [0.4, 0.5) is 10.1 Å². The van der Waals surface area contributed by atoms with Gasteiger partial charge in [-0.15, -0.1) is 0 Å². The van der Waals surface area contributed by atoms with E-state index in [0.717, 1.165) is 22.0 Å². The molecule has 1 amide bonds. The molecule has 0 unspecified atom stereocenters. The molecule has 4 rings (SSSR count). The van der Waals surface area contributed by atoms with Crippen LogP contribution >= 0.6 is 0 Å². The van der Waals surface area contributed by atoms with Crippen molar-refractivity contribution in [3.05, 3.63) is 72.0 Å². The molecule has 0 saturated carbocycles. The first-order valence-electron chi connectivity index (χ1n) is 11.4. The van der Waals surface area contributed by atoms with Crippen molar-refractivity contribution >= 4 is 21.6 Å². The van der Waals surface area contributed by atoms with Crippen LogP contribution in [0.3, 0.4) is 0 Å². The van der Waals surface area contributed by atoms with E-state index >= 15 is 0 Å². The number of fused-ring (bicyclic) bond motifs is 1. The fourth-order valence-electron chi connectivity index (χ4n) is 3.86. The maximum atomic E-state index is 13.7. The number of anilines is 1. The summed E-state index contributed by atoms with van der Waals surface area (Å²) in [6.45, 7) is 2.12. The van der Waals surface area contributed by atoms with Gasteiger partial charge >= 0.3 is 0 Å². The van der Waals surface area contributed by atoms with Crippen LogP contribution in [0.25, 0.3) is 0 Å². The summed E-state index contributed by atoms with van der Waals surface area (Å²) in [5.74, 6) is 0.658. The Morgan fingerprint density at radius 1 is 0.973 bits per heavy atom. The maximum Gasteiger partial charge on any atom is 0.264 e. The zero-order chi connectivity index (χ0) is 26.6. The molecule has 0 aliphatic carbocycles. The fraction of sp³-hybridized carbons (Fsp3) is 0.269. The number of ether oxygens (including phenoxy) is 4. The molecule has 0 fully saturated rings. The third-order valence-electron chi connectivity index (χ3n) is 5.79. The van der Waals surface area contributed by atoms with Crippen LogP contribution in [-0.2, 0) is 14.8 Å². The maximum absolute atomic E-state index is 13.7. The van der Waals surface area contributed by atoms with Gasteiger partial charge in [0, 0.05) is 6.07 Å². The van der Waals surface area contributed by atoms with Crippen molar-refractivity contribution in [2.75, 3.05) is 38.3 Å². The number of halogens is 1. The zero-order valence-corrected chi connectivity index (χ0v) is 21.4. The van der Waals surface area contributed by atoms with Crippen molar-refractivity contribution in [3.8, 4) is 23.0 Å². The molecule has 37 heavy (non-hydrogen) atoms. The van der Waals surface area contributed by atoms with Crippen molar-refractivity contribution in [3.63, 3.8) is 0 Å². The Balaban J connectivity index is 1.60. The number of rotatable bonds is 9. The number of hydrogen-bond donors (Lipinski definition) is 1. The summed E-state index contributed by atoms with van der Waals surface area (Å²) in [7, 11) is -1.43. The van der Waals surface area contributed by atoms with Gasteiger partial charge < -0.3 is 24.3 Å². The first-order valence-corrected chi connectivity index (χ1v) is 12.9. The van der Waals surface area contributed by atoms with Crippen LogP contribution in [0.2, 0.25) is 0 Å². The minimum Gasteiger partial charge on any atom is -0.493 e. The van der Waals surface area contributed by atoms with Gasteiger partial charge in [0.2, 0.25) is 5.91 Å². The predicted octanol–water partition coefficient (Wildman–Crippen LogP) is 3.69. The number of benzene rings is 3. The SMILES string of the molecule is COc1ccc(S(=O)(=O)N(CC(=O)N[C@@H](C)c2ccc3c(c2)OCCO3)c2ccc(F)cc2)cc1OC. The Morgan fingerprint density at radius 2 is 1.65 bits per heavy atom. The van der Waals surface area contributed by atoms with E-state index in [2.05, 4.69) is 5.32 Å². The third-order valence-corrected chi connectivity index (χ3v) is 7.56. The number of nitrogens with zero attached hydrogens (tertiary/aromatic N) is 1. The molecule has 196 valence electrons. The quantitative estimate of drug-likeness (QED) is 0.450. The monoisotopic (exact) mass is 530 g/mol. The molecule has 1 heterocycles. The van der Waals surface area contributed by atoms with Crippen molar-refractivity contribution in [2.45, 2.75) is 17.9 Å². The summed E-state index contributed by atoms with van der Waals surface area (Å²) >= 11 is 0. The Hall–Kier alpha value is -3.99. The van der Waals surface area contributed by atoms with Gasteiger partial charge in [-0.25, -0.2) is 12.8 Å². The van der Waals surface area contributed by atoms with E-state index in [1.807, 2.05) is 0 Å². The van der Waals surface area contributed by atoms with Crippen LogP contribution in [-0.4, -0.2) is 48.3 Å². The summed E-state index contributed by atoms with van der Waals surface area (Å²) in [6.07, 6.45) is 0. The largest absolute Gasteiger partial charge is 0.493 e. The molecule has 3 aromatic rings. The molecule has 11 heteroatoms. The number of carbonyl (C=O) groups excluding carboxylic acids is 1. The number of amides is 1. The summed E-state index contributed by atoms with van der Waals surface area (Å²) in [5.41, 5.74) is 0.881. The molecule has 1 aliphatic heterocycles. The van der Waals surface area contributed by atoms with E-state index in [1.165, 1.54) is 44.6 Å². The average Bonchev–Trinajstić information content (AvgIpc) is 2.91. The highest BCUT2D eigenvalue weighted by Gasteiger charge is 2.29. The van der Waals surface area contributed by atoms with Crippen LogP contribution in [0, 0.1) is 5.82 Å². The molecule has 0 bridgehead atoms. The third kappa shape index (κ3) is 5.72. The van der Waals surface area contributed by atoms with Crippen molar-refractivity contribution in [1.82, 2.24) is 5.32 Å². The van der Waals surface area contributed by atoms with E-state index in [-0.39, 0.29) is 16.3 Å². The number of methoxy groups -OCH3 is 2.